The van der Waals surface area contributed by atoms with Crippen molar-refractivity contribution in [1.82, 2.24) is 19.8 Å². The van der Waals surface area contributed by atoms with Crippen molar-refractivity contribution in [2.24, 2.45) is 5.92 Å². The van der Waals surface area contributed by atoms with Gasteiger partial charge in [0.15, 0.2) is 0 Å². The lowest BCUT2D eigenvalue weighted by Crippen LogP contribution is -2.48. The molecule has 0 spiro atoms. The quantitative estimate of drug-likeness (QED) is 0.872. The molecule has 1 aromatic heterocycles. The van der Waals surface area contributed by atoms with Crippen molar-refractivity contribution >= 4 is 17.1 Å². The Kier molecular flexibility index (Phi) is 5.37. The fourth-order valence-electron chi connectivity index (χ4n) is 4.57. The van der Waals surface area contributed by atoms with Crippen LogP contribution in [0.25, 0.3) is 11.0 Å². The minimum atomic E-state index is 0.152. The van der Waals surface area contributed by atoms with Gasteiger partial charge >= 0.3 is 6.03 Å². The summed E-state index contributed by atoms with van der Waals surface area (Å²) in [5, 5.41) is 3.26. The molecule has 1 aliphatic carbocycles. The number of aryl methyl sites for hydroxylation is 2. The van der Waals surface area contributed by atoms with Gasteiger partial charge in [-0.15, -0.1) is 0 Å². The van der Waals surface area contributed by atoms with E-state index >= 15 is 0 Å². The van der Waals surface area contributed by atoms with Crippen molar-refractivity contribution < 1.29 is 4.79 Å². The Bertz CT molecular complexity index is 798. The third kappa shape index (κ3) is 4.12. The molecule has 27 heavy (non-hydrogen) atoms. The van der Waals surface area contributed by atoms with E-state index < -0.39 is 0 Å². The molecule has 146 valence electrons. The van der Waals surface area contributed by atoms with Crippen LogP contribution in [-0.4, -0.2) is 39.6 Å². The number of likely N-dealkylation sites (tertiary alicyclic amines) is 1. The minimum Gasteiger partial charge on any atom is -0.335 e. The molecule has 1 saturated heterocycles. The van der Waals surface area contributed by atoms with E-state index in [4.69, 9.17) is 0 Å². The number of benzene rings is 1. The Morgan fingerprint density at radius 2 is 1.78 bits per heavy atom. The van der Waals surface area contributed by atoms with Crippen molar-refractivity contribution in [3.05, 3.63) is 29.6 Å². The van der Waals surface area contributed by atoms with Gasteiger partial charge in [0.1, 0.15) is 0 Å². The predicted molar refractivity (Wildman–Crippen MR) is 109 cm³/mol. The molecule has 2 aliphatic rings. The Morgan fingerprint density at radius 3 is 2.52 bits per heavy atom. The molecule has 0 bridgehead atoms. The first-order valence-corrected chi connectivity index (χ1v) is 10.6. The van der Waals surface area contributed by atoms with E-state index in [1.165, 1.54) is 35.9 Å². The van der Waals surface area contributed by atoms with E-state index in [9.17, 15) is 4.79 Å². The fourth-order valence-corrected chi connectivity index (χ4v) is 4.57. The van der Waals surface area contributed by atoms with Crippen LogP contribution < -0.4 is 5.32 Å². The van der Waals surface area contributed by atoms with Crippen molar-refractivity contribution in [1.29, 1.82) is 0 Å². The zero-order valence-electron chi connectivity index (χ0n) is 16.7. The summed E-state index contributed by atoms with van der Waals surface area (Å²) in [4.78, 5) is 19.1. The normalized spacial score (nSPS) is 19.6. The highest BCUT2D eigenvalue weighted by molar-refractivity contribution is 5.77. The summed E-state index contributed by atoms with van der Waals surface area (Å²) in [6, 6.07) is 4.98. The van der Waals surface area contributed by atoms with Crippen LogP contribution in [-0.2, 0) is 6.54 Å². The Morgan fingerprint density at radius 1 is 1.07 bits per heavy atom. The number of rotatable bonds is 3. The standard InChI is InChI=1S/C22H32N4O/c1-16-12-20-21(13-17(16)2)26(15-23-20)14-18-8-10-25(11-9-18)22(27)24-19-6-4-3-5-7-19/h12-13,15,18-19H,3-11,14H2,1-2H3,(H,24,27). The zero-order valence-corrected chi connectivity index (χ0v) is 16.7. The molecule has 1 saturated carbocycles. The second-order valence-electron chi connectivity index (χ2n) is 8.54. The third-order valence-corrected chi connectivity index (χ3v) is 6.53. The number of amides is 2. The monoisotopic (exact) mass is 368 g/mol. The van der Waals surface area contributed by atoms with Crippen LogP contribution in [0.3, 0.4) is 0 Å². The van der Waals surface area contributed by atoms with Crippen LogP contribution >= 0.6 is 0 Å². The Labute approximate surface area is 162 Å². The molecule has 5 heteroatoms. The first kappa shape index (κ1) is 18.3. The summed E-state index contributed by atoms with van der Waals surface area (Å²) in [7, 11) is 0. The molecule has 1 aliphatic heterocycles. The number of urea groups is 1. The number of piperidine rings is 1. The highest BCUT2D eigenvalue weighted by Crippen LogP contribution is 2.24. The van der Waals surface area contributed by atoms with Crippen LogP contribution in [0.2, 0.25) is 0 Å². The summed E-state index contributed by atoms with van der Waals surface area (Å²) in [6.45, 7) is 7.04. The largest absolute Gasteiger partial charge is 0.335 e. The number of hydrogen-bond acceptors (Lipinski definition) is 2. The van der Waals surface area contributed by atoms with Crippen molar-refractivity contribution in [3.8, 4) is 0 Å². The van der Waals surface area contributed by atoms with E-state index in [0.717, 1.165) is 50.8 Å². The molecular weight excluding hydrogens is 336 g/mol. The van der Waals surface area contributed by atoms with Gasteiger partial charge < -0.3 is 14.8 Å². The fraction of sp³-hybridized carbons (Fsp3) is 0.636. The number of carbonyl (C=O) groups is 1. The summed E-state index contributed by atoms with van der Waals surface area (Å²) in [5.41, 5.74) is 4.93. The summed E-state index contributed by atoms with van der Waals surface area (Å²) >= 11 is 0. The van der Waals surface area contributed by atoms with Crippen LogP contribution in [0.5, 0.6) is 0 Å². The average Bonchev–Trinajstić information content (AvgIpc) is 3.05. The van der Waals surface area contributed by atoms with Crippen LogP contribution in [0, 0.1) is 19.8 Å². The highest BCUT2D eigenvalue weighted by Gasteiger charge is 2.25. The minimum absolute atomic E-state index is 0.152. The van der Waals surface area contributed by atoms with E-state index in [1.807, 2.05) is 11.2 Å². The average molecular weight is 369 g/mol. The van der Waals surface area contributed by atoms with Crippen LogP contribution in [0.4, 0.5) is 4.79 Å². The number of nitrogens with zero attached hydrogens (tertiary/aromatic N) is 3. The maximum Gasteiger partial charge on any atom is 0.317 e. The number of carbonyl (C=O) groups excluding carboxylic acids is 1. The summed E-state index contributed by atoms with van der Waals surface area (Å²) in [6.07, 6.45) is 10.2. The van der Waals surface area contributed by atoms with E-state index in [0.29, 0.717) is 12.0 Å². The smallest absolute Gasteiger partial charge is 0.317 e. The molecule has 2 fully saturated rings. The molecular formula is C22H32N4O. The van der Waals surface area contributed by atoms with Gasteiger partial charge in [0.05, 0.1) is 17.4 Å². The van der Waals surface area contributed by atoms with Gasteiger partial charge in [-0.1, -0.05) is 19.3 Å². The first-order chi connectivity index (χ1) is 13.1. The van der Waals surface area contributed by atoms with Crippen LogP contribution in [0.1, 0.15) is 56.1 Å². The molecule has 0 atom stereocenters. The molecule has 2 heterocycles. The molecule has 2 amide bonds. The van der Waals surface area contributed by atoms with Gasteiger partial charge in [0.2, 0.25) is 0 Å². The van der Waals surface area contributed by atoms with Crippen LogP contribution in [0.15, 0.2) is 18.5 Å². The summed E-state index contributed by atoms with van der Waals surface area (Å²) < 4.78 is 2.30. The molecule has 5 nitrogen and oxygen atoms in total. The van der Waals surface area contributed by atoms with Gasteiger partial charge in [-0.05, 0) is 68.7 Å². The maximum absolute atomic E-state index is 12.5. The molecule has 4 rings (SSSR count). The van der Waals surface area contributed by atoms with Gasteiger partial charge in [-0.2, -0.15) is 0 Å². The van der Waals surface area contributed by atoms with E-state index in [-0.39, 0.29) is 6.03 Å². The third-order valence-electron chi connectivity index (χ3n) is 6.53. The lowest BCUT2D eigenvalue weighted by Gasteiger charge is -2.34. The number of nitrogens with one attached hydrogen (secondary N) is 1. The second-order valence-corrected chi connectivity index (χ2v) is 8.54. The SMILES string of the molecule is Cc1cc2ncn(CC3CCN(C(=O)NC4CCCCC4)CC3)c2cc1C. The van der Waals surface area contributed by atoms with Crippen molar-refractivity contribution in [3.63, 3.8) is 0 Å². The highest BCUT2D eigenvalue weighted by atomic mass is 16.2. The van der Waals surface area contributed by atoms with Gasteiger partial charge in [0, 0.05) is 25.7 Å². The van der Waals surface area contributed by atoms with E-state index in [1.54, 1.807) is 0 Å². The first-order valence-electron chi connectivity index (χ1n) is 10.6. The molecule has 0 radical (unpaired) electrons. The molecule has 0 unspecified atom stereocenters. The number of imidazole rings is 1. The van der Waals surface area contributed by atoms with Gasteiger partial charge in [-0.25, -0.2) is 9.78 Å². The number of aromatic nitrogens is 2. The number of hydrogen-bond donors (Lipinski definition) is 1. The maximum atomic E-state index is 12.5. The lowest BCUT2D eigenvalue weighted by atomic mass is 9.95. The Balaban J connectivity index is 1.32. The van der Waals surface area contributed by atoms with E-state index in [2.05, 4.69) is 40.8 Å². The van der Waals surface area contributed by atoms with Gasteiger partial charge in [0.25, 0.3) is 0 Å². The summed E-state index contributed by atoms with van der Waals surface area (Å²) in [5.74, 6) is 0.614. The zero-order chi connectivity index (χ0) is 18.8. The molecule has 1 N–H and O–H groups in total. The molecule has 2 aromatic rings. The lowest BCUT2D eigenvalue weighted by molar-refractivity contribution is 0.160. The Hall–Kier alpha value is -2.04. The van der Waals surface area contributed by atoms with Crippen molar-refractivity contribution in [2.75, 3.05) is 13.1 Å². The second kappa shape index (κ2) is 7.91. The topological polar surface area (TPSA) is 50.2 Å². The number of fused-ring (bicyclic) bond motifs is 1. The van der Waals surface area contributed by atoms with Crippen molar-refractivity contribution in [2.45, 2.75) is 71.4 Å². The predicted octanol–water partition coefficient (Wildman–Crippen LogP) is 4.41. The molecule has 1 aromatic carbocycles. The van der Waals surface area contributed by atoms with Gasteiger partial charge in [-0.3, -0.25) is 0 Å².